The van der Waals surface area contributed by atoms with Gasteiger partial charge in [0, 0.05) is 8.95 Å². The van der Waals surface area contributed by atoms with Crippen LogP contribution in [0.1, 0.15) is 33.4 Å². The number of hydrogen-bond acceptors (Lipinski definition) is 2. The molecule has 5 rings (SSSR count). The molecule has 1 aliphatic carbocycles. The standard InChI is InChI=1S/C26H18Br2O2/c27-19-13-9-17(10-14-19)25(29)21-5-1-2-6-22(21)26(30,18-11-15-20(28)16-12-18)24-8-4-3-7-23(24)25/h1-16,29-30H. The monoisotopic (exact) mass is 520 g/mol. The predicted octanol–water partition coefficient (Wildman–Crippen LogP) is 6.09. The van der Waals surface area contributed by atoms with Crippen molar-refractivity contribution in [2.45, 2.75) is 11.2 Å². The second kappa shape index (κ2) is 7.17. The van der Waals surface area contributed by atoms with Crippen LogP contribution in [0.2, 0.25) is 0 Å². The fourth-order valence-electron chi connectivity index (χ4n) is 4.52. The molecule has 0 spiro atoms. The summed E-state index contributed by atoms with van der Waals surface area (Å²) >= 11 is 6.96. The van der Waals surface area contributed by atoms with Crippen molar-refractivity contribution in [3.8, 4) is 0 Å². The number of hydrogen-bond donors (Lipinski definition) is 2. The highest BCUT2D eigenvalue weighted by Gasteiger charge is 2.50. The third kappa shape index (κ3) is 2.75. The number of aliphatic hydroxyl groups is 2. The average Bonchev–Trinajstić information content (AvgIpc) is 2.78. The van der Waals surface area contributed by atoms with Gasteiger partial charge in [-0.25, -0.2) is 0 Å². The van der Waals surface area contributed by atoms with Gasteiger partial charge in [0.2, 0.25) is 0 Å². The Morgan fingerprint density at radius 1 is 0.433 bits per heavy atom. The molecule has 30 heavy (non-hydrogen) atoms. The second-order valence-corrected chi connectivity index (χ2v) is 9.36. The van der Waals surface area contributed by atoms with Crippen molar-refractivity contribution in [2.24, 2.45) is 0 Å². The van der Waals surface area contributed by atoms with E-state index in [1.807, 2.05) is 97.1 Å². The quantitative estimate of drug-likeness (QED) is 0.335. The first-order valence-electron chi connectivity index (χ1n) is 9.62. The summed E-state index contributed by atoms with van der Waals surface area (Å²) in [4.78, 5) is 0. The number of rotatable bonds is 2. The van der Waals surface area contributed by atoms with Gasteiger partial charge in [-0.2, -0.15) is 0 Å². The molecule has 0 unspecified atom stereocenters. The van der Waals surface area contributed by atoms with Crippen molar-refractivity contribution in [1.29, 1.82) is 0 Å². The third-order valence-electron chi connectivity index (χ3n) is 5.94. The van der Waals surface area contributed by atoms with Crippen LogP contribution in [0.5, 0.6) is 0 Å². The molecule has 0 bridgehead atoms. The molecule has 1 aliphatic rings. The molecule has 4 heteroatoms. The van der Waals surface area contributed by atoms with Gasteiger partial charge < -0.3 is 10.2 Å². The zero-order valence-corrected chi connectivity index (χ0v) is 19.1. The fraction of sp³-hybridized carbons (Fsp3) is 0.0769. The summed E-state index contributed by atoms with van der Waals surface area (Å²) in [5, 5.41) is 24.5. The van der Waals surface area contributed by atoms with Crippen molar-refractivity contribution in [3.05, 3.63) is 139 Å². The topological polar surface area (TPSA) is 40.5 Å². The molecule has 0 amide bonds. The van der Waals surface area contributed by atoms with Crippen LogP contribution in [-0.2, 0) is 11.2 Å². The molecule has 0 aliphatic heterocycles. The molecule has 0 radical (unpaired) electrons. The van der Waals surface area contributed by atoms with Crippen LogP contribution in [-0.4, -0.2) is 10.2 Å². The molecule has 0 atom stereocenters. The molecule has 0 saturated carbocycles. The summed E-state index contributed by atoms with van der Waals surface area (Å²) < 4.78 is 1.89. The van der Waals surface area contributed by atoms with E-state index in [1.165, 1.54) is 0 Å². The van der Waals surface area contributed by atoms with Crippen molar-refractivity contribution in [2.75, 3.05) is 0 Å². The Morgan fingerprint density at radius 2 is 0.700 bits per heavy atom. The number of fused-ring (bicyclic) bond motifs is 2. The Balaban J connectivity index is 1.87. The van der Waals surface area contributed by atoms with Crippen molar-refractivity contribution in [1.82, 2.24) is 0 Å². The average molecular weight is 522 g/mol. The van der Waals surface area contributed by atoms with E-state index < -0.39 is 11.2 Å². The van der Waals surface area contributed by atoms with Gasteiger partial charge >= 0.3 is 0 Å². The van der Waals surface area contributed by atoms with E-state index in [4.69, 9.17) is 0 Å². The van der Waals surface area contributed by atoms with Crippen LogP contribution in [0.15, 0.2) is 106 Å². The van der Waals surface area contributed by atoms with Gasteiger partial charge in [0.25, 0.3) is 0 Å². The van der Waals surface area contributed by atoms with E-state index in [2.05, 4.69) is 31.9 Å². The van der Waals surface area contributed by atoms with Crippen molar-refractivity contribution >= 4 is 31.9 Å². The van der Waals surface area contributed by atoms with Gasteiger partial charge in [-0.1, -0.05) is 105 Å². The molecule has 2 N–H and O–H groups in total. The lowest BCUT2D eigenvalue weighted by Gasteiger charge is -2.45. The first kappa shape index (κ1) is 19.7. The zero-order chi connectivity index (χ0) is 20.9. The summed E-state index contributed by atoms with van der Waals surface area (Å²) in [7, 11) is 0. The maximum Gasteiger partial charge on any atom is 0.141 e. The zero-order valence-electron chi connectivity index (χ0n) is 15.9. The van der Waals surface area contributed by atoms with Gasteiger partial charge in [0.15, 0.2) is 0 Å². The van der Waals surface area contributed by atoms with E-state index in [1.54, 1.807) is 0 Å². The maximum atomic E-state index is 12.2. The van der Waals surface area contributed by atoms with Gasteiger partial charge in [0.1, 0.15) is 11.2 Å². The summed E-state index contributed by atoms with van der Waals surface area (Å²) in [6.07, 6.45) is 0. The summed E-state index contributed by atoms with van der Waals surface area (Å²) in [6, 6.07) is 30.6. The minimum Gasteiger partial charge on any atom is -0.376 e. The van der Waals surface area contributed by atoms with Crippen LogP contribution in [0.3, 0.4) is 0 Å². The maximum absolute atomic E-state index is 12.2. The Morgan fingerprint density at radius 3 is 0.967 bits per heavy atom. The molecule has 148 valence electrons. The highest BCUT2D eigenvalue weighted by atomic mass is 79.9. The van der Waals surface area contributed by atoms with Crippen molar-refractivity contribution < 1.29 is 10.2 Å². The van der Waals surface area contributed by atoms with Crippen LogP contribution in [0.4, 0.5) is 0 Å². The Hall–Kier alpha value is -2.24. The van der Waals surface area contributed by atoms with Gasteiger partial charge in [-0.05, 0) is 57.6 Å². The molecule has 2 nitrogen and oxygen atoms in total. The first-order chi connectivity index (χ1) is 14.5. The smallest absolute Gasteiger partial charge is 0.141 e. The minimum atomic E-state index is -1.38. The van der Waals surface area contributed by atoms with Crippen LogP contribution >= 0.6 is 31.9 Å². The lowest BCUT2D eigenvalue weighted by Crippen LogP contribution is -2.44. The molecule has 4 aromatic carbocycles. The van der Waals surface area contributed by atoms with Gasteiger partial charge in [0.05, 0.1) is 0 Å². The van der Waals surface area contributed by atoms with Gasteiger partial charge in [-0.3, -0.25) is 0 Å². The summed E-state index contributed by atoms with van der Waals surface area (Å²) in [6.45, 7) is 0. The van der Waals surface area contributed by atoms with E-state index in [-0.39, 0.29) is 0 Å². The molecule has 4 aromatic rings. The fourth-order valence-corrected chi connectivity index (χ4v) is 5.05. The molecule has 0 fully saturated rings. The SMILES string of the molecule is OC1(c2ccc(Br)cc2)c2ccccc2C(O)(c2ccc(Br)cc2)c2ccccc21. The Kier molecular flexibility index (Phi) is 4.71. The van der Waals surface area contributed by atoms with Crippen LogP contribution < -0.4 is 0 Å². The highest BCUT2D eigenvalue weighted by Crippen LogP contribution is 2.53. The Labute approximate surface area is 192 Å². The molecular weight excluding hydrogens is 504 g/mol. The number of halogens is 2. The van der Waals surface area contributed by atoms with E-state index in [9.17, 15) is 10.2 Å². The van der Waals surface area contributed by atoms with Crippen molar-refractivity contribution in [3.63, 3.8) is 0 Å². The van der Waals surface area contributed by atoms with E-state index in [0.29, 0.717) is 22.3 Å². The molecule has 0 saturated heterocycles. The third-order valence-corrected chi connectivity index (χ3v) is 6.99. The minimum absolute atomic E-state index is 0.677. The lowest BCUT2D eigenvalue weighted by atomic mass is 9.63. The molecule has 0 aromatic heterocycles. The van der Waals surface area contributed by atoms with E-state index >= 15 is 0 Å². The largest absolute Gasteiger partial charge is 0.376 e. The summed E-state index contributed by atoms with van der Waals surface area (Å²) in [5.74, 6) is 0. The van der Waals surface area contributed by atoms with Gasteiger partial charge in [-0.15, -0.1) is 0 Å². The Bertz CT molecular complexity index is 1090. The number of benzene rings is 4. The van der Waals surface area contributed by atoms with E-state index in [0.717, 1.165) is 20.1 Å². The first-order valence-corrected chi connectivity index (χ1v) is 11.2. The summed E-state index contributed by atoms with van der Waals surface area (Å²) in [5.41, 5.74) is 1.46. The lowest BCUT2D eigenvalue weighted by molar-refractivity contribution is 0.0748. The normalized spacial score (nSPS) is 22.3. The molecule has 0 heterocycles. The molecular formula is C26H18Br2O2. The highest BCUT2D eigenvalue weighted by molar-refractivity contribution is 9.10. The van der Waals surface area contributed by atoms with Crippen LogP contribution in [0, 0.1) is 0 Å². The predicted molar refractivity (Wildman–Crippen MR) is 125 cm³/mol. The van der Waals surface area contributed by atoms with Crippen LogP contribution in [0.25, 0.3) is 0 Å². The second-order valence-electron chi connectivity index (χ2n) is 7.53.